The summed E-state index contributed by atoms with van der Waals surface area (Å²) in [6.45, 7) is -0.275. The standard InChI is InChI=1S/C18H12ClFN6O2/c19-11-2-1-3-14(8-11)26-17-16(23-24-26)18(28)25(10-21-17)9-15(27)22-13-6-4-12(20)5-7-13/h1-8,10H,9H2,(H,22,27). The van der Waals surface area contributed by atoms with Crippen LogP contribution in [0.4, 0.5) is 10.1 Å². The molecule has 0 radical (unpaired) electrons. The zero-order valence-corrected chi connectivity index (χ0v) is 15.0. The third-order valence-corrected chi connectivity index (χ3v) is 4.16. The van der Waals surface area contributed by atoms with E-state index in [1.54, 1.807) is 24.3 Å². The predicted octanol–water partition coefficient (Wildman–Crippen LogP) is 2.41. The third-order valence-electron chi connectivity index (χ3n) is 3.92. The van der Waals surface area contributed by atoms with Crippen LogP contribution in [-0.2, 0) is 11.3 Å². The zero-order chi connectivity index (χ0) is 19.7. The minimum absolute atomic E-state index is 0.0251. The molecule has 1 N–H and O–H groups in total. The minimum atomic E-state index is -0.507. The van der Waals surface area contributed by atoms with Gasteiger partial charge in [-0.1, -0.05) is 22.9 Å². The van der Waals surface area contributed by atoms with Gasteiger partial charge in [0.05, 0.1) is 5.69 Å². The molecule has 4 rings (SSSR count). The summed E-state index contributed by atoms with van der Waals surface area (Å²) in [5.41, 5.74) is 0.793. The molecular formula is C18H12ClFN6O2. The SMILES string of the molecule is O=C(Cn1cnc2c(nnn2-c2cccc(Cl)c2)c1=O)Nc1ccc(F)cc1. The number of benzene rings is 2. The van der Waals surface area contributed by atoms with E-state index >= 15 is 0 Å². The van der Waals surface area contributed by atoms with Crippen molar-refractivity contribution in [2.45, 2.75) is 6.54 Å². The van der Waals surface area contributed by atoms with Crippen molar-refractivity contribution >= 4 is 34.4 Å². The first-order valence-corrected chi connectivity index (χ1v) is 8.51. The topological polar surface area (TPSA) is 94.7 Å². The summed E-state index contributed by atoms with van der Waals surface area (Å²) in [7, 11) is 0. The van der Waals surface area contributed by atoms with Crippen LogP contribution >= 0.6 is 11.6 Å². The lowest BCUT2D eigenvalue weighted by Crippen LogP contribution is -2.28. The Morgan fingerprint density at radius 3 is 2.71 bits per heavy atom. The number of nitrogens with one attached hydrogen (secondary N) is 1. The van der Waals surface area contributed by atoms with Crippen LogP contribution in [0.5, 0.6) is 0 Å². The number of aromatic nitrogens is 5. The van der Waals surface area contributed by atoms with E-state index in [4.69, 9.17) is 11.6 Å². The van der Waals surface area contributed by atoms with Gasteiger partial charge in [-0.15, -0.1) is 5.10 Å². The Morgan fingerprint density at radius 2 is 1.96 bits per heavy atom. The van der Waals surface area contributed by atoms with Crippen LogP contribution in [0.1, 0.15) is 0 Å². The second-order valence-electron chi connectivity index (χ2n) is 5.89. The highest BCUT2D eigenvalue weighted by molar-refractivity contribution is 6.30. The first-order valence-electron chi connectivity index (χ1n) is 8.13. The Hall–Kier alpha value is -3.59. The summed E-state index contributed by atoms with van der Waals surface area (Å²) >= 11 is 5.99. The van der Waals surface area contributed by atoms with Crippen molar-refractivity contribution in [2.75, 3.05) is 5.32 Å². The number of nitrogens with zero attached hydrogens (tertiary/aromatic N) is 5. The van der Waals surface area contributed by atoms with Gasteiger partial charge in [-0.25, -0.2) is 9.37 Å². The molecule has 8 nitrogen and oxygen atoms in total. The molecule has 0 aliphatic rings. The van der Waals surface area contributed by atoms with E-state index in [0.717, 1.165) is 4.57 Å². The second kappa shape index (κ2) is 7.20. The fraction of sp³-hybridized carbons (Fsp3) is 0.0556. The molecule has 0 aliphatic heterocycles. The molecule has 1 amide bonds. The summed E-state index contributed by atoms with van der Waals surface area (Å²) in [5, 5.41) is 10.9. The first kappa shape index (κ1) is 17.8. The van der Waals surface area contributed by atoms with E-state index in [0.29, 0.717) is 16.4 Å². The van der Waals surface area contributed by atoms with Gasteiger partial charge in [0.1, 0.15) is 18.7 Å². The molecule has 0 bridgehead atoms. The molecule has 4 aromatic rings. The van der Waals surface area contributed by atoms with Crippen molar-refractivity contribution in [1.82, 2.24) is 24.5 Å². The fourth-order valence-electron chi connectivity index (χ4n) is 2.63. The molecule has 0 atom stereocenters. The molecule has 28 heavy (non-hydrogen) atoms. The van der Waals surface area contributed by atoms with Gasteiger partial charge in [-0.2, -0.15) is 4.68 Å². The number of rotatable bonds is 4. The lowest BCUT2D eigenvalue weighted by molar-refractivity contribution is -0.116. The van der Waals surface area contributed by atoms with Gasteiger partial charge >= 0.3 is 0 Å². The Bertz CT molecular complexity index is 1240. The molecule has 10 heteroatoms. The van der Waals surface area contributed by atoms with E-state index in [-0.39, 0.29) is 17.7 Å². The lowest BCUT2D eigenvalue weighted by Gasteiger charge is -2.07. The largest absolute Gasteiger partial charge is 0.325 e. The number of carbonyl (C=O) groups excluding carboxylic acids is 1. The van der Waals surface area contributed by atoms with Crippen molar-refractivity contribution in [3.63, 3.8) is 0 Å². The number of halogens is 2. The Balaban J connectivity index is 1.61. The number of hydrogen-bond donors (Lipinski definition) is 1. The molecular weight excluding hydrogens is 387 g/mol. The molecule has 0 saturated carbocycles. The minimum Gasteiger partial charge on any atom is -0.325 e. The average molecular weight is 399 g/mol. The van der Waals surface area contributed by atoms with Crippen LogP contribution in [0.2, 0.25) is 5.02 Å². The van der Waals surface area contributed by atoms with Gasteiger partial charge in [0.25, 0.3) is 5.56 Å². The maximum absolute atomic E-state index is 12.9. The van der Waals surface area contributed by atoms with E-state index in [1.165, 1.54) is 35.3 Å². The molecule has 140 valence electrons. The predicted molar refractivity (Wildman–Crippen MR) is 101 cm³/mol. The number of fused-ring (bicyclic) bond motifs is 1. The summed E-state index contributed by atoms with van der Waals surface area (Å²) in [6, 6.07) is 12.2. The van der Waals surface area contributed by atoms with E-state index in [2.05, 4.69) is 20.6 Å². The summed E-state index contributed by atoms with van der Waals surface area (Å²) in [4.78, 5) is 29.0. The third kappa shape index (κ3) is 3.47. The Morgan fingerprint density at radius 1 is 1.18 bits per heavy atom. The molecule has 0 spiro atoms. The zero-order valence-electron chi connectivity index (χ0n) is 14.2. The van der Waals surface area contributed by atoms with Crippen LogP contribution in [-0.4, -0.2) is 30.5 Å². The van der Waals surface area contributed by atoms with Crippen LogP contribution < -0.4 is 10.9 Å². The Labute approximate surface area is 162 Å². The first-order chi connectivity index (χ1) is 13.5. The molecule has 0 unspecified atom stereocenters. The second-order valence-corrected chi connectivity index (χ2v) is 6.32. The summed E-state index contributed by atoms with van der Waals surface area (Å²) in [5.74, 6) is -0.872. The smallest absolute Gasteiger partial charge is 0.284 e. The lowest BCUT2D eigenvalue weighted by atomic mass is 10.3. The van der Waals surface area contributed by atoms with Crippen molar-refractivity contribution in [2.24, 2.45) is 0 Å². The highest BCUT2D eigenvalue weighted by atomic mass is 35.5. The number of anilines is 1. The van der Waals surface area contributed by atoms with Crippen LogP contribution in [0.25, 0.3) is 16.9 Å². The highest BCUT2D eigenvalue weighted by Crippen LogP contribution is 2.16. The van der Waals surface area contributed by atoms with E-state index in [1.807, 2.05) is 0 Å². The molecule has 2 aromatic carbocycles. The molecule has 0 fully saturated rings. The molecule has 2 aromatic heterocycles. The van der Waals surface area contributed by atoms with Crippen molar-refractivity contribution < 1.29 is 9.18 Å². The van der Waals surface area contributed by atoms with Gasteiger partial charge in [-0.3, -0.25) is 14.2 Å². The number of carbonyl (C=O) groups is 1. The average Bonchev–Trinajstić information content (AvgIpc) is 3.11. The van der Waals surface area contributed by atoms with Crippen LogP contribution in [0.15, 0.2) is 59.7 Å². The fourth-order valence-corrected chi connectivity index (χ4v) is 2.81. The van der Waals surface area contributed by atoms with Crippen molar-refractivity contribution in [3.8, 4) is 5.69 Å². The van der Waals surface area contributed by atoms with Gasteiger partial charge < -0.3 is 5.32 Å². The van der Waals surface area contributed by atoms with E-state index < -0.39 is 17.3 Å². The van der Waals surface area contributed by atoms with Crippen LogP contribution in [0, 0.1) is 5.82 Å². The van der Waals surface area contributed by atoms with Gasteiger partial charge in [-0.05, 0) is 42.5 Å². The van der Waals surface area contributed by atoms with Crippen molar-refractivity contribution in [1.29, 1.82) is 0 Å². The monoisotopic (exact) mass is 398 g/mol. The van der Waals surface area contributed by atoms with Crippen LogP contribution in [0.3, 0.4) is 0 Å². The van der Waals surface area contributed by atoms with Gasteiger partial charge in [0.15, 0.2) is 11.2 Å². The molecule has 2 heterocycles. The number of amides is 1. The normalized spacial score (nSPS) is 10.9. The quantitative estimate of drug-likeness (QED) is 0.569. The van der Waals surface area contributed by atoms with Crippen molar-refractivity contribution in [3.05, 3.63) is 76.1 Å². The molecule has 0 saturated heterocycles. The maximum Gasteiger partial charge on any atom is 0.284 e. The maximum atomic E-state index is 12.9. The van der Waals surface area contributed by atoms with Gasteiger partial charge in [0.2, 0.25) is 5.91 Å². The molecule has 0 aliphatic carbocycles. The highest BCUT2D eigenvalue weighted by Gasteiger charge is 2.15. The summed E-state index contributed by atoms with van der Waals surface area (Å²) in [6.07, 6.45) is 1.25. The van der Waals surface area contributed by atoms with E-state index in [9.17, 15) is 14.0 Å². The summed E-state index contributed by atoms with van der Waals surface area (Å²) < 4.78 is 15.4. The van der Waals surface area contributed by atoms with Gasteiger partial charge in [0, 0.05) is 10.7 Å². The number of hydrogen-bond acceptors (Lipinski definition) is 5. The Kier molecular flexibility index (Phi) is 4.58.